The number of nitrogens with one attached hydrogen (secondary N) is 1. The summed E-state index contributed by atoms with van der Waals surface area (Å²) in [7, 11) is 0. The average Bonchev–Trinajstić information content (AvgIpc) is 3.23. The highest BCUT2D eigenvalue weighted by Crippen LogP contribution is 2.18. The monoisotopic (exact) mass is 824 g/mol. The van der Waals surface area contributed by atoms with E-state index < -0.39 is 36.9 Å². The lowest BCUT2D eigenvalue weighted by Crippen LogP contribution is -2.53. The predicted molar refractivity (Wildman–Crippen MR) is 252 cm³/mol. The third-order valence-corrected chi connectivity index (χ3v) is 12.8. The van der Waals surface area contributed by atoms with Crippen LogP contribution in [0.15, 0.2) is 0 Å². The standard InChI is InChI=1S/C52H105NO5/c1-3-5-7-9-11-13-15-17-18-19-20-21-22-23-24-25-26-27-28-29-30-31-32-33-34-36-37-39-41-43-45-49(55)51(57)48(47-54)53-52(58)50(56)46-44-42-40-38-35-16-14-12-10-8-6-4-2/h48-51,54-57H,3-47H2,1-2H3,(H,53,58). The fraction of sp³-hybridized carbons (Fsp3) is 0.981. The van der Waals surface area contributed by atoms with E-state index in [9.17, 15) is 25.2 Å². The van der Waals surface area contributed by atoms with Gasteiger partial charge in [0.25, 0.3) is 0 Å². The first-order valence-electron chi connectivity index (χ1n) is 26.4. The number of hydrogen-bond acceptors (Lipinski definition) is 5. The molecule has 0 aromatic heterocycles. The van der Waals surface area contributed by atoms with Crippen molar-refractivity contribution in [1.82, 2.24) is 5.32 Å². The molecular weight excluding hydrogens is 719 g/mol. The van der Waals surface area contributed by atoms with Crippen LogP contribution in [0, 0.1) is 0 Å². The van der Waals surface area contributed by atoms with Crippen LogP contribution in [0.25, 0.3) is 0 Å². The number of carbonyl (C=O) groups excluding carboxylic acids is 1. The fourth-order valence-corrected chi connectivity index (χ4v) is 8.64. The number of unbranched alkanes of at least 4 members (excludes halogenated alkanes) is 40. The molecule has 0 saturated carbocycles. The van der Waals surface area contributed by atoms with Crippen molar-refractivity contribution in [2.24, 2.45) is 0 Å². The second-order valence-electron chi connectivity index (χ2n) is 18.6. The summed E-state index contributed by atoms with van der Waals surface area (Å²) in [4.78, 5) is 12.5. The Hall–Kier alpha value is -0.690. The lowest BCUT2D eigenvalue weighted by Gasteiger charge is -2.27. The Morgan fingerprint density at radius 2 is 0.586 bits per heavy atom. The smallest absolute Gasteiger partial charge is 0.249 e. The molecule has 6 nitrogen and oxygen atoms in total. The molecule has 0 bridgehead atoms. The summed E-state index contributed by atoms with van der Waals surface area (Å²) in [5, 5.41) is 43.8. The van der Waals surface area contributed by atoms with Crippen LogP contribution in [0.3, 0.4) is 0 Å². The van der Waals surface area contributed by atoms with Crippen molar-refractivity contribution in [3.63, 3.8) is 0 Å². The first-order valence-corrected chi connectivity index (χ1v) is 26.4. The molecule has 0 rings (SSSR count). The summed E-state index contributed by atoms with van der Waals surface area (Å²) in [6.45, 7) is 4.07. The molecule has 0 aromatic carbocycles. The van der Waals surface area contributed by atoms with Crippen LogP contribution in [0.4, 0.5) is 0 Å². The van der Waals surface area contributed by atoms with Crippen LogP contribution >= 0.6 is 0 Å². The van der Waals surface area contributed by atoms with Gasteiger partial charge in [-0.25, -0.2) is 0 Å². The molecule has 4 unspecified atom stereocenters. The lowest BCUT2D eigenvalue weighted by atomic mass is 9.99. The van der Waals surface area contributed by atoms with Gasteiger partial charge in [-0.05, 0) is 12.8 Å². The number of carbonyl (C=O) groups is 1. The van der Waals surface area contributed by atoms with Crippen LogP contribution in [0.1, 0.15) is 296 Å². The minimum atomic E-state index is -1.25. The molecule has 58 heavy (non-hydrogen) atoms. The molecule has 4 atom stereocenters. The van der Waals surface area contributed by atoms with E-state index in [1.165, 1.54) is 231 Å². The van der Waals surface area contributed by atoms with E-state index in [-0.39, 0.29) is 0 Å². The van der Waals surface area contributed by atoms with E-state index in [2.05, 4.69) is 19.2 Å². The van der Waals surface area contributed by atoms with Crippen molar-refractivity contribution in [3.05, 3.63) is 0 Å². The van der Waals surface area contributed by atoms with Crippen molar-refractivity contribution < 1.29 is 25.2 Å². The Balaban J connectivity index is 3.53. The zero-order valence-electron chi connectivity index (χ0n) is 39.3. The Morgan fingerprint density at radius 3 is 0.828 bits per heavy atom. The van der Waals surface area contributed by atoms with E-state index in [4.69, 9.17) is 0 Å². The van der Waals surface area contributed by atoms with Crippen molar-refractivity contribution in [1.29, 1.82) is 0 Å². The van der Waals surface area contributed by atoms with Crippen LogP contribution in [-0.2, 0) is 4.79 Å². The van der Waals surface area contributed by atoms with Gasteiger partial charge < -0.3 is 25.7 Å². The first kappa shape index (κ1) is 57.3. The molecule has 1 amide bonds. The zero-order chi connectivity index (χ0) is 42.4. The molecule has 0 heterocycles. The summed E-state index contributed by atoms with van der Waals surface area (Å²) in [5.41, 5.74) is 0. The normalized spacial score (nSPS) is 13.8. The SMILES string of the molecule is CCCCCCCCCCCCCCCCCCCCCCCCCCCCCCCCC(O)C(O)C(CO)NC(=O)C(O)CCCCCCCCCCCCCC. The van der Waals surface area contributed by atoms with E-state index in [1.54, 1.807) is 0 Å². The van der Waals surface area contributed by atoms with Crippen LogP contribution in [-0.4, -0.2) is 57.3 Å². The summed E-state index contributed by atoms with van der Waals surface area (Å²) < 4.78 is 0. The number of rotatable bonds is 49. The van der Waals surface area contributed by atoms with Crippen molar-refractivity contribution in [3.8, 4) is 0 Å². The van der Waals surface area contributed by atoms with E-state index in [0.717, 1.165) is 38.5 Å². The summed E-state index contributed by atoms with van der Waals surface area (Å²) in [6, 6.07) is -0.979. The van der Waals surface area contributed by atoms with Gasteiger partial charge in [-0.15, -0.1) is 0 Å². The van der Waals surface area contributed by atoms with Gasteiger partial charge >= 0.3 is 0 Å². The third kappa shape index (κ3) is 40.7. The van der Waals surface area contributed by atoms with Gasteiger partial charge in [0.1, 0.15) is 12.2 Å². The molecule has 0 spiro atoms. The second kappa shape index (κ2) is 47.4. The quantitative estimate of drug-likeness (QED) is 0.0393. The van der Waals surface area contributed by atoms with E-state index in [0.29, 0.717) is 12.8 Å². The largest absolute Gasteiger partial charge is 0.394 e. The molecule has 6 heteroatoms. The molecular formula is C52H105NO5. The Kier molecular flexibility index (Phi) is 46.8. The summed E-state index contributed by atoms with van der Waals surface area (Å²) in [5.74, 6) is -0.579. The summed E-state index contributed by atoms with van der Waals surface area (Å²) >= 11 is 0. The molecule has 0 aromatic rings. The van der Waals surface area contributed by atoms with Gasteiger partial charge in [0, 0.05) is 0 Å². The molecule has 5 N–H and O–H groups in total. The zero-order valence-corrected chi connectivity index (χ0v) is 39.3. The second-order valence-corrected chi connectivity index (χ2v) is 18.6. The fourth-order valence-electron chi connectivity index (χ4n) is 8.64. The van der Waals surface area contributed by atoms with Gasteiger partial charge in [-0.1, -0.05) is 284 Å². The maximum atomic E-state index is 12.5. The topological polar surface area (TPSA) is 110 Å². The van der Waals surface area contributed by atoms with E-state index in [1.807, 2.05) is 0 Å². The molecule has 0 fully saturated rings. The number of aliphatic hydroxyl groups excluding tert-OH is 4. The Bertz CT molecular complexity index is 796. The predicted octanol–water partition coefficient (Wildman–Crippen LogP) is 14.8. The average molecular weight is 824 g/mol. The van der Waals surface area contributed by atoms with Crippen molar-refractivity contribution in [2.45, 2.75) is 321 Å². The molecule has 0 aliphatic heterocycles. The molecule has 0 aliphatic carbocycles. The molecule has 0 radical (unpaired) electrons. The van der Waals surface area contributed by atoms with Gasteiger partial charge in [0.15, 0.2) is 0 Å². The van der Waals surface area contributed by atoms with Gasteiger partial charge in [-0.3, -0.25) is 4.79 Å². The van der Waals surface area contributed by atoms with E-state index >= 15 is 0 Å². The highest BCUT2D eigenvalue weighted by Gasteiger charge is 2.28. The van der Waals surface area contributed by atoms with Crippen LogP contribution < -0.4 is 5.32 Å². The molecule has 348 valence electrons. The van der Waals surface area contributed by atoms with Gasteiger partial charge in [0.05, 0.1) is 18.8 Å². The maximum Gasteiger partial charge on any atom is 0.249 e. The first-order chi connectivity index (χ1) is 28.5. The number of amides is 1. The maximum absolute atomic E-state index is 12.5. The highest BCUT2D eigenvalue weighted by atomic mass is 16.3. The number of aliphatic hydroxyl groups is 4. The third-order valence-electron chi connectivity index (χ3n) is 12.8. The van der Waals surface area contributed by atoms with Gasteiger partial charge in [0.2, 0.25) is 5.91 Å². The number of hydrogen-bond donors (Lipinski definition) is 5. The van der Waals surface area contributed by atoms with Crippen LogP contribution in [0.5, 0.6) is 0 Å². The lowest BCUT2D eigenvalue weighted by molar-refractivity contribution is -0.132. The molecule has 0 aliphatic rings. The van der Waals surface area contributed by atoms with Gasteiger partial charge in [-0.2, -0.15) is 0 Å². The Labute approximate surface area is 362 Å². The Morgan fingerprint density at radius 1 is 0.362 bits per heavy atom. The van der Waals surface area contributed by atoms with Crippen LogP contribution in [0.2, 0.25) is 0 Å². The van der Waals surface area contributed by atoms with Crippen molar-refractivity contribution >= 4 is 5.91 Å². The minimum Gasteiger partial charge on any atom is -0.394 e. The summed E-state index contributed by atoms with van der Waals surface area (Å²) in [6.07, 6.45) is 53.2. The molecule has 0 saturated heterocycles. The highest BCUT2D eigenvalue weighted by molar-refractivity contribution is 5.80. The minimum absolute atomic E-state index is 0.375. The van der Waals surface area contributed by atoms with Crippen molar-refractivity contribution in [2.75, 3.05) is 6.61 Å².